The molecule has 4 atom stereocenters. The molecule has 0 saturated carbocycles. The van der Waals surface area contributed by atoms with Crippen LogP contribution in [-0.2, 0) is 9.47 Å². The van der Waals surface area contributed by atoms with Gasteiger partial charge in [0.25, 0.3) is 0 Å². The van der Waals surface area contributed by atoms with Crippen LogP contribution in [0.3, 0.4) is 0 Å². The zero-order chi connectivity index (χ0) is 14.2. The zero-order valence-corrected chi connectivity index (χ0v) is 12.4. The van der Waals surface area contributed by atoms with Crippen molar-refractivity contribution in [3.63, 3.8) is 0 Å². The second-order valence-electron chi connectivity index (χ2n) is 7.35. The van der Waals surface area contributed by atoms with Crippen molar-refractivity contribution in [2.75, 3.05) is 6.61 Å². The van der Waals surface area contributed by atoms with Crippen LogP contribution >= 0.6 is 0 Å². The summed E-state index contributed by atoms with van der Waals surface area (Å²) in [5.41, 5.74) is 1.05. The molecule has 0 bridgehead atoms. The standard InChI is InChI=1S/C15H24O4/c1-8-6-10-11-9(13(8,2)3)7-18-15(11,17)12(16)14(4,5)19-10/h8,10,12,16-17H,6-7H2,1-5H3/t8-,10-,12+,15+/m1/s1. The fraction of sp³-hybridized carbons (Fsp3) is 0.867. The van der Waals surface area contributed by atoms with Crippen molar-refractivity contribution in [3.05, 3.63) is 11.1 Å². The Hall–Kier alpha value is -0.420. The van der Waals surface area contributed by atoms with Gasteiger partial charge >= 0.3 is 0 Å². The molecule has 1 saturated heterocycles. The molecule has 108 valence electrons. The summed E-state index contributed by atoms with van der Waals surface area (Å²) in [4.78, 5) is 0. The number of aliphatic hydroxyl groups excluding tert-OH is 1. The highest BCUT2D eigenvalue weighted by Gasteiger charge is 2.63. The summed E-state index contributed by atoms with van der Waals surface area (Å²) < 4.78 is 11.7. The van der Waals surface area contributed by atoms with Crippen LogP contribution in [0, 0.1) is 11.3 Å². The quantitative estimate of drug-likeness (QED) is 0.655. The second-order valence-corrected chi connectivity index (χ2v) is 7.35. The van der Waals surface area contributed by atoms with E-state index in [9.17, 15) is 10.2 Å². The minimum absolute atomic E-state index is 0.0269. The van der Waals surface area contributed by atoms with Crippen LogP contribution in [0.2, 0.25) is 0 Å². The molecule has 0 aromatic carbocycles. The monoisotopic (exact) mass is 268 g/mol. The van der Waals surface area contributed by atoms with Gasteiger partial charge in [0.15, 0.2) is 0 Å². The summed E-state index contributed by atoms with van der Waals surface area (Å²) in [5.74, 6) is -1.12. The summed E-state index contributed by atoms with van der Waals surface area (Å²) >= 11 is 0. The second kappa shape index (κ2) is 3.61. The van der Waals surface area contributed by atoms with E-state index in [0.29, 0.717) is 12.5 Å². The lowest BCUT2D eigenvalue weighted by Gasteiger charge is -2.52. The molecule has 2 aliphatic heterocycles. The Labute approximate surface area is 114 Å². The average molecular weight is 268 g/mol. The third-order valence-electron chi connectivity index (χ3n) is 5.52. The summed E-state index contributed by atoms with van der Waals surface area (Å²) in [6, 6.07) is 0. The van der Waals surface area contributed by atoms with Gasteiger partial charge in [0, 0.05) is 5.57 Å². The van der Waals surface area contributed by atoms with Gasteiger partial charge < -0.3 is 19.7 Å². The third-order valence-corrected chi connectivity index (χ3v) is 5.52. The van der Waals surface area contributed by atoms with Crippen molar-refractivity contribution >= 4 is 0 Å². The van der Waals surface area contributed by atoms with E-state index in [1.54, 1.807) is 13.8 Å². The van der Waals surface area contributed by atoms with Crippen LogP contribution in [0.25, 0.3) is 0 Å². The Morgan fingerprint density at radius 3 is 2.47 bits per heavy atom. The van der Waals surface area contributed by atoms with E-state index in [4.69, 9.17) is 9.47 Å². The van der Waals surface area contributed by atoms with Gasteiger partial charge in [0.1, 0.15) is 6.10 Å². The maximum absolute atomic E-state index is 10.8. The SMILES string of the molecule is C[C@@H]1C[C@H]2OC(C)(C)[C@H](O)[C@@]3(O)OCC(=C23)C1(C)C. The fourth-order valence-electron chi connectivity index (χ4n) is 3.78. The Balaban J connectivity index is 2.16. The van der Waals surface area contributed by atoms with Crippen molar-refractivity contribution in [3.8, 4) is 0 Å². The highest BCUT2D eigenvalue weighted by molar-refractivity contribution is 5.40. The van der Waals surface area contributed by atoms with Gasteiger partial charge in [-0.3, -0.25) is 0 Å². The smallest absolute Gasteiger partial charge is 0.221 e. The molecule has 3 aliphatic rings. The molecule has 0 radical (unpaired) electrons. The van der Waals surface area contributed by atoms with Crippen molar-refractivity contribution < 1.29 is 19.7 Å². The molecule has 4 heteroatoms. The fourth-order valence-corrected chi connectivity index (χ4v) is 3.78. The minimum atomic E-state index is -1.57. The van der Waals surface area contributed by atoms with E-state index >= 15 is 0 Å². The van der Waals surface area contributed by atoms with Gasteiger partial charge in [-0.1, -0.05) is 20.8 Å². The molecule has 1 fully saturated rings. The molecule has 2 N–H and O–H groups in total. The lowest BCUT2D eigenvalue weighted by atomic mass is 9.63. The molecule has 4 nitrogen and oxygen atoms in total. The molecule has 2 heterocycles. The highest BCUT2D eigenvalue weighted by atomic mass is 16.7. The lowest BCUT2D eigenvalue weighted by molar-refractivity contribution is -0.299. The number of hydrogen-bond acceptors (Lipinski definition) is 4. The first-order valence-electron chi connectivity index (χ1n) is 7.07. The average Bonchev–Trinajstić information content (AvgIpc) is 2.64. The van der Waals surface area contributed by atoms with Crippen molar-refractivity contribution in [1.29, 1.82) is 0 Å². The first-order chi connectivity index (χ1) is 8.60. The van der Waals surface area contributed by atoms with Crippen LogP contribution in [0.1, 0.15) is 41.0 Å². The number of ether oxygens (including phenoxy) is 2. The zero-order valence-electron chi connectivity index (χ0n) is 12.4. The van der Waals surface area contributed by atoms with Crippen molar-refractivity contribution in [2.24, 2.45) is 11.3 Å². The topological polar surface area (TPSA) is 58.9 Å². The maximum Gasteiger partial charge on any atom is 0.221 e. The normalized spacial score (nSPS) is 47.2. The molecule has 0 spiro atoms. The lowest BCUT2D eigenvalue weighted by Crippen LogP contribution is -2.64. The Bertz CT molecular complexity index is 451. The van der Waals surface area contributed by atoms with Gasteiger partial charge in [0.2, 0.25) is 5.79 Å². The van der Waals surface area contributed by atoms with Crippen LogP contribution in [0.5, 0.6) is 0 Å². The van der Waals surface area contributed by atoms with E-state index < -0.39 is 17.5 Å². The summed E-state index contributed by atoms with van der Waals surface area (Å²) in [6.07, 6.45) is -0.356. The number of rotatable bonds is 0. The van der Waals surface area contributed by atoms with Gasteiger partial charge in [-0.25, -0.2) is 0 Å². The van der Waals surface area contributed by atoms with Crippen molar-refractivity contribution in [1.82, 2.24) is 0 Å². The van der Waals surface area contributed by atoms with Gasteiger partial charge in [0.05, 0.1) is 18.3 Å². The molecule has 1 aliphatic carbocycles. The highest BCUT2D eigenvalue weighted by Crippen LogP contribution is 2.56. The molecule has 0 amide bonds. The Morgan fingerprint density at radius 1 is 1.21 bits per heavy atom. The predicted molar refractivity (Wildman–Crippen MR) is 70.4 cm³/mol. The molecule has 0 unspecified atom stereocenters. The summed E-state index contributed by atoms with van der Waals surface area (Å²) in [5, 5.41) is 21.3. The van der Waals surface area contributed by atoms with E-state index in [1.165, 1.54) is 0 Å². The molecular weight excluding hydrogens is 244 g/mol. The van der Waals surface area contributed by atoms with Crippen molar-refractivity contribution in [2.45, 2.75) is 64.6 Å². The third kappa shape index (κ3) is 1.54. The first-order valence-corrected chi connectivity index (χ1v) is 7.07. The minimum Gasteiger partial charge on any atom is -0.384 e. The molecule has 0 aromatic rings. The molecule has 3 rings (SSSR count). The molecule has 19 heavy (non-hydrogen) atoms. The van der Waals surface area contributed by atoms with E-state index in [1.807, 2.05) is 0 Å². The number of hydrogen-bond donors (Lipinski definition) is 2. The van der Waals surface area contributed by atoms with Crippen LogP contribution in [0.15, 0.2) is 11.1 Å². The van der Waals surface area contributed by atoms with Crippen LogP contribution < -0.4 is 0 Å². The van der Waals surface area contributed by atoms with Crippen LogP contribution in [-0.4, -0.2) is 40.4 Å². The van der Waals surface area contributed by atoms with E-state index in [2.05, 4.69) is 20.8 Å². The first kappa shape index (κ1) is 13.6. The molecule has 0 aromatic heterocycles. The summed E-state index contributed by atoms with van der Waals surface area (Å²) in [7, 11) is 0. The molecular formula is C15H24O4. The largest absolute Gasteiger partial charge is 0.384 e. The maximum atomic E-state index is 10.8. The Morgan fingerprint density at radius 2 is 1.84 bits per heavy atom. The van der Waals surface area contributed by atoms with Gasteiger partial charge in [-0.05, 0) is 37.2 Å². The van der Waals surface area contributed by atoms with Crippen LogP contribution in [0.4, 0.5) is 0 Å². The summed E-state index contributed by atoms with van der Waals surface area (Å²) in [6.45, 7) is 10.6. The number of aliphatic hydroxyl groups is 2. The van der Waals surface area contributed by atoms with Gasteiger partial charge in [-0.15, -0.1) is 0 Å². The predicted octanol–water partition coefficient (Wildman–Crippen LogP) is 1.61. The Kier molecular flexibility index (Phi) is 2.58. The van der Waals surface area contributed by atoms with E-state index in [0.717, 1.165) is 17.6 Å². The van der Waals surface area contributed by atoms with E-state index in [-0.39, 0.29) is 11.5 Å². The van der Waals surface area contributed by atoms with Gasteiger partial charge in [-0.2, -0.15) is 0 Å².